The number of rotatable bonds is 3. The fourth-order valence-corrected chi connectivity index (χ4v) is 3.06. The zero-order chi connectivity index (χ0) is 14.9. The van der Waals surface area contributed by atoms with Crippen molar-refractivity contribution in [2.45, 2.75) is 18.7 Å². The van der Waals surface area contributed by atoms with E-state index in [0.29, 0.717) is 11.3 Å². The summed E-state index contributed by atoms with van der Waals surface area (Å²) in [5, 5.41) is 0. The predicted octanol–water partition coefficient (Wildman–Crippen LogP) is 2.83. The van der Waals surface area contributed by atoms with Crippen molar-refractivity contribution in [3.63, 3.8) is 0 Å². The van der Waals surface area contributed by atoms with Crippen LogP contribution in [0.1, 0.15) is 11.1 Å². The minimum atomic E-state index is -4.01. The summed E-state index contributed by atoms with van der Waals surface area (Å²) >= 11 is 0. The number of sulfonamides is 1. The molecule has 0 aliphatic rings. The molecule has 2 rings (SSSR count). The van der Waals surface area contributed by atoms with Crippen LogP contribution in [0.4, 0.5) is 15.8 Å². The van der Waals surface area contributed by atoms with E-state index in [-0.39, 0.29) is 5.69 Å². The Hall–Kier alpha value is -2.08. The van der Waals surface area contributed by atoms with E-state index in [2.05, 4.69) is 4.72 Å². The highest BCUT2D eigenvalue weighted by Gasteiger charge is 2.20. The van der Waals surface area contributed by atoms with Gasteiger partial charge in [0.15, 0.2) is 0 Å². The third-order valence-electron chi connectivity index (χ3n) is 3.13. The molecule has 2 aromatic rings. The number of benzene rings is 2. The van der Waals surface area contributed by atoms with Crippen LogP contribution in [0.3, 0.4) is 0 Å². The first-order chi connectivity index (χ1) is 9.33. The van der Waals surface area contributed by atoms with Crippen LogP contribution in [0.2, 0.25) is 0 Å². The Kier molecular flexibility index (Phi) is 3.67. The molecule has 3 N–H and O–H groups in total. The molecule has 0 saturated carbocycles. The number of hydrogen-bond donors (Lipinski definition) is 2. The van der Waals surface area contributed by atoms with Gasteiger partial charge in [-0.1, -0.05) is 18.2 Å². The number of aryl methyl sites for hydroxylation is 1. The fraction of sp³-hybridized carbons (Fsp3) is 0.143. The van der Waals surface area contributed by atoms with E-state index in [1.807, 2.05) is 6.92 Å². The highest BCUT2D eigenvalue weighted by molar-refractivity contribution is 7.92. The van der Waals surface area contributed by atoms with E-state index in [4.69, 9.17) is 5.73 Å². The van der Waals surface area contributed by atoms with Crippen LogP contribution in [-0.2, 0) is 10.0 Å². The Labute approximate surface area is 117 Å². The van der Waals surface area contributed by atoms with E-state index in [9.17, 15) is 12.8 Å². The van der Waals surface area contributed by atoms with Crippen LogP contribution in [0.25, 0.3) is 0 Å². The van der Waals surface area contributed by atoms with Gasteiger partial charge in [0.2, 0.25) is 0 Å². The molecule has 2 aromatic carbocycles. The molecule has 0 heterocycles. The van der Waals surface area contributed by atoms with Gasteiger partial charge in [0.1, 0.15) is 10.7 Å². The molecule has 0 unspecified atom stereocenters. The summed E-state index contributed by atoms with van der Waals surface area (Å²) < 4.78 is 40.4. The van der Waals surface area contributed by atoms with Crippen LogP contribution in [0.15, 0.2) is 41.3 Å². The maximum Gasteiger partial charge on any atom is 0.264 e. The molecule has 0 aliphatic carbocycles. The van der Waals surface area contributed by atoms with Gasteiger partial charge in [-0.3, -0.25) is 4.72 Å². The largest absolute Gasteiger partial charge is 0.397 e. The van der Waals surface area contributed by atoms with Gasteiger partial charge in [-0.2, -0.15) is 0 Å². The van der Waals surface area contributed by atoms with Crippen LogP contribution in [-0.4, -0.2) is 8.42 Å². The first-order valence-electron chi connectivity index (χ1n) is 5.96. The van der Waals surface area contributed by atoms with Gasteiger partial charge in [0.05, 0.1) is 11.4 Å². The number of anilines is 2. The lowest BCUT2D eigenvalue weighted by Crippen LogP contribution is -2.16. The maximum atomic E-state index is 13.6. The van der Waals surface area contributed by atoms with Gasteiger partial charge in [0.25, 0.3) is 10.0 Å². The fourth-order valence-electron chi connectivity index (χ4n) is 1.82. The van der Waals surface area contributed by atoms with E-state index < -0.39 is 20.7 Å². The zero-order valence-electron chi connectivity index (χ0n) is 11.1. The lowest BCUT2D eigenvalue weighted by atomic mass is 10.1. The van der Waals surface area contributed by atoms with Crippen molar-refractivity contribution in [2.24, 2.45) is 0 Å². The van der Waals surface area contributed by atoms with Crippen molar-refractivity contribution < 1.29 is 12.8 Å². The van der Waals surface area contributed by atoms with Gasteiger partial charge in [-0.25, -0.2) is 12.8 Å². The van der Waals surface area contributed by atoms with E-state index >= 15 is 0 Å². The van der Waals surface area contributed by atoms with Gasteiger partial charge >= 0.3 is 0 Å². The van der Waals surface area contributed by atoms with Crippen LogP contribution in [0.5, 0.6) is 0 Å². The molecule has 0 aromatic heterocycles. The van der Waals surface area contributed by atoms with Crippen LogP contribution >= 0.6 is 0 Å². The predicted molar refractivity (Wildman–Crippen MR) is 77.5 cm³/mol. The normalized spacial score (nSPS) is 11.3. The van der Waals surface area contributed by atoms with Crippen LogP contribution in [0, 0.1) is 19.7 Å². The molecular weight excluding hydrogens is 279 g/mol. The van der Waals surface area contributed by atoms with Crippen molar-refractivity contribution in [3.8, 4) is 0 Å². The minimum Gasteiger partial charge on any atom is -0.397 e. The molecule has 0 saturated heterocycles. The van der Waals surface area contributed by atoms with Gasteiger partial charge in [0, 0.05) is 0 Å². The van der Waals surface area contributed by atoms with Crippen molar-refractivity contribution >= 4 is 21.4 Å². The molecular formula is C14H15FN2O2S. The Morgan fingerprint density at radius 3 is 2.40 bits per heavy atom. The third-order valence-corrected chi connectivity index (χ3v) is 4.51. The number of nitrogens with one attached hydrogen (secondary N) is 1. The highest BCUT2D eigenvalue weighted by atomic mass is 32.2. The molecule has 0 aliphatic heterocycles. The quantitative estimate of drug-likeness (QED) is 0.855. The standard InChI is InChI=1S/C14H15FN2O2S/c1-9-7-8-12(16)14(10(9)2)17-20(18,19)13-6-4-3-5-11(13)15/h3-8,17H,16H2,1-2H3. The van der Waals surface area contributed by atoms with E-state index in [0.717, 1.165) is 11.6 Å². The van der Waals surface area contributed by atoms with Crippen molar-refractivity contribution in [1.82, 2.24) is 0 Å². The first kappa shape index (κ1) is 14.3. The number of halogens is 1. The highest BCUT2D eigenvalue weighted by Crippen LogP contribution is 2.28. The minimum absolute atomic E-state index is 0.285. The maximum absolute atomic E-state index is 13.6. The molecule has 0 fully saturated rings. The zero-order valence-corrected chi connectivity index (χ0v) is 12.0. The molecule has 0 atom stereocenters. The van der Waals surface area contributed by atoms with Gasteiger partial charge < -0.3 is 5.73 Å². The molecule has 0 spiro atoms. The van der Waals surface area contributed by atoms with Gasteiger partial charge in [-0.05, 0) is 43.2 Å². The Bertz CT molecular complexity index is 758. The monoisotopic (exact) mass is 294 g/mol. The molecule has 0 bridgehead atoms. The van der Waals surface area contributed by atoms with E-state index in [1.165, 1.54) is 18.2 Å². The molecule has 0 radical (unpaired) electrons. The van der Waals surface area contributed by atoms with Crippen molar-refractivity contribution in [1.29, 1.82) is 0 Å². The Morgan fingerprint density at radius 1 is 1.10 bits per heavy atom. The molecule has 20 heavy (non-hydrogen) atoms. The Balaban J connectivity index is 2.50. The van der Waals surface area contributed by atoms with Crippen molar-refractivity contribution in [3.05, 3.63) is 53.3 Å². The van der Waals surface area contributed by atoms with Gasteiger partial charge in [-0.15, -0.1) is 0 Å². The number of hydrogen-bond acceptors (Lipinski definition) is 3. The Morgan fingerprint density at radius 2 is 1.75 bits per heavy atom. The summed E-state index contributed by atoms with van der Waals surface area (Å²) in [6.45, 7) is 3.60. The SMILES string of the molecule is Cc1ccc(N)c(NS(=O)(=O)c2ccccc2F)c1C. The molecule has 6 heteroatoms. The average molecular weight is 294 g/mol. The van der Waals surface area contributed by atoms with E-state index in [1.54, 1.807) is 19.1 Å². The smallest absolute Gasteiger partial charge is 0.264 e. The number of nitrogens with two attached hydrogens (primary N) is 1. The first-order valence-corrected chi connectivity index (χ1v) is 7.44. The van der Waals surface area contributed by atoms with Crippen molar-refractivity contribution in [2.75, 3.05) is 10.5 Å². The average Bonchev–Trinajstić information content (AvgIpc) is 2.39. The molecule has 4 nitrogen and oxygen atoms in total. The third kappa shape index (κ3) is 2.60. The lowest BCUT2D eigenvalue weighted by molar-refractivity contribution is 0.570. The second-order valence-electron chi connectivity index (χ2n) is 4.51. The summed E-state index contributed by atoms with van der Waals surface area (Å²) in [6, 6.07) is 8.61. The summed E-state index contributed by atoms with van der Waals surface area (Å²) in [7, 11) is -4.01. The summed E-state index contributed by atoms with van der Waals surface area (Å²) in [5.41, 5.74) is 7.98. The topological polar surface area (TPSA) is 72.2 Å². The second kappa shape index (κ2) is 5.13. The van der Waals surface area contributed by atoms with Crippen LogP contribution < -0.4 is 10.5 Å². The lowest BCUT2D eigenvalue weighted by Gasteiger charge is -2.15. The molecule has 106 valence electrons. The second-order valence-corrected chi connectivity index (χ2v) is 6.16. The molecule has 0 amide bonds. The summed E-state index contributed by atoms with van der Waals surface area (Å²) in [4.78, 5) is -0.402. The number of nitrogen functional groups attached to an aromatic ring is 1. The summed E-state index contributed by atoms with van der Waals surface area (Å²) in [5.74, 6) is -0.802. The summed E-state index contributed by atoms with van der Waals surface area (Å²) in [6.07, 6.45) is 0.